The molecule has 0 unspecified atom stereocenters. The number of fused-ring (bicyclic) bond motifs is 1. The van der Waals surface area contributed by atoms with Crippen LogP contribution in [0.5, 0.6) is 0 Å². The molecular weight excluding hydrogens is 290 g/mol. The molecule has 0 aromatic heterocycles. The molecule has 0 saturated carbocycles. The van der Waals surface area contributed by atoms with Crippen LogP contribution in [0.25, 0.3) is 0 Å². The van der Waals surface area contributed by atoms with E-state index in [9.17, 15) is 13.2 Å². The van der Waals surface area contributed by atoms with Gasteiger partial charge in [-0.1, -0.05) is 17.7 Å². The molecular formula is C15H19NO4S. The summed E-state index contributed by atoms with van der Waals surface area (Å²) in [4.78, 5) is 13.7. The van der Waals surface area contributed by atoms with Crippen molar-refractivity contribution in [2.45, 2.75) is 49.6 Å². The lowest BCUT2D eigenvalue weighted by Crippen LogP contribution is -2.43. The van der Waals surface area contributed by atoms with Crippen LogP contribution in [0.15, 0.2) is 29.2 Å². The number of benzene rings is 1. The van der Waals surface area contributed by atoms with E-state index in [-0.39, 0.29) is 22.9 Å². The smallest absolute Gasteiger partial charge is 0.297 e. The number of carbonyl (C=O) groups excluding carboxylic acids is 1. The Balaban J connectivity index is 1.69. The summed E-state index contributed by atoms with van der Waals surface area (Å²) in [6.07, 6.45) is 2.23. The largest absolute Gasteiger partial charge is 0.340 e. The van der Waals surface area contributed by atoms with Gasteiger partial charge in [-0.3, -0.25) is 8.98 Å². The second kappa shape index (κ2) is 5.42. The van der Waals surface area contributed by atoms with Gasteiger partial charge in [-0.05, 0) is 38.3 Å². The predicted octanol–water partition coefficient (Wildman–Crippen LogP) is 1.85. The first-order valence-corrected chi connectivity index (χ1v) is 8.66. The van der Waals surface area contributed by atoms with Crippen molar-refractivity contribution in [3.05, 3.63) is 29.8 Å². The molecule has 0 N–H and O–H groups in total. The number of hydrogen-bond acceptors (Lipinski definition) is 4. The third-order valence-electron chi connectivity index (χ3n) is 4.25. The van der Waals surface area contributed by atoms with Crippen LogP contribution in [0.2, 0.25) is 0 Å². The second-order valence-corrected chi connectivity index (χ2v) is 7.36. The van der Waals surface area contributed by atoms with Gasteiger partial charge in [0.1, 0.15) is 0 Å². The summed E-state index contributed by atoms with van der Waals surface area (Å²) in [6.45, 7) is 2.50. The summed E-state index contributed by atoms with van der Waals surface area (Å²) < 4.78 is 29.9. The van der Waals surface area contributed by atoms with E-state index in [2.05, 4.69) is 0 Å². The molecule has 1 aromatic rings. The number of amides is 1. The van der Waals surface area contributed by atoms with E-state index in [0.717, 1.165) is 12.0 Å². The van der Waals surface area contributed by atoms with E-state index in [4.69, 9.17) is 4.18 Å². The van der Waals surface area contributed by atoms with Crippen LogP contribution in [0.4, 0.5) is 0 Å². The fourth-order valence-corrected chi connectivity index (χ4v) is 4.19. The summed E-state index contributed by atoms with van der Waals surface area (Å²) >= 11 is 0. The Kier molecular flexibility index (Phi) is 3.75. The predicted molar refractivity (Wildman–Crippen MR) is 77.2 cm³/mol. The Hall–Kier alpha value is -1.40. The Morgan fingerprint density at radius 2 is 1.90 bits per heavy atom. The molecule has 3 rings (SSSR count). The van der Waals surface area contributed by atoms with Crippen molar-refractivity contribution in [2.75, 3.05) is 6.54 Å². The topological polar surface area (TPSA) is 63.7 Å². The lowest BCUT2D eigenvalue weighted by molar-refractivity contribution is -0.130. The number of aryl methyl sites for hydroxylation is 1. The molecule has 0 bridgehead atoms. The van der Waals surface area contributed by atoms with Gasteiger partial charge < -0.3 is 4.90 Å². The standard InChI is InChI=1S/C15H19NO4S/c1-11-2-5-14(6-3-11)21(18,19)20-13-8-9-16-12(10-13)4-7-15(16)17/h2-3,5-6,12-13H,4,7-10H2,1H3/t12-,13-/m0/s1. The van der Waals surface area contributed by atoms with Gasteiger partial charge in [-0.2, -0.15) is 8.42 Å². The summed E-state index contributed by atoms with van der Waals surface area (Å²) in [6, 6.07) is 6.80. The Morgan fingerprint density at radius 1 is 1.19 bits per heavy atom. The van der Waals surface area contributed by atoms with Crippen molar-refractivity contribution in [1.29, 1.82) is 0 Å². The third-order valence-corrected chi connectivity index (χ3v) is 5.63. The highest BCUT2D eigenvalue weighted by Crippen LogP contribution is 2.30. The zero-order valence-electron chi connectivity index (χ0n) is 12.0. The van der Waals surface area contributed by atoms with E-state index in [1.807, 2.05) is 11.8 Å². The van der Waals surface area contributed by atoms with Gasteiger partial charge in [0.05, 0.1) is 11.0 Å². The monoisotopic (exact) mass is 309 g/mol. The Labute approximate surface area is 125 Å². The van der Waals surface area contributed by atoms with E-state index in [1.54, 1.807) is 24.3 Å². The van der Waals surface area contributed by atoms with Crippen LogP contribution in [0.1, 0.15) is 31.2 Å². The molecule has 21 heavy (non-hydrogen) atoms. The van der Waals surface area contributed by atoms with Crippen LogP contribution in [0, 0.1) is 6.92 Å². The molecule has 0 aliphatic carbocycles. The fourth-order valence-electron chi connectivity index (χ4n) is 3.08. The summed E-state index contributed by atoms with van der Waals surface area (Å²) in [5, 5.41) is 0. The third kappa shape index (κ3) is 2.96. The van der Waals surface area contributed by atoms with Crippen molar-refractivity contribution in [3.8, 4) is 0 Å². The SMILES string of the molecule is Cc1ccc(S(=O)(=O)O[C@H]2CCN3C(=O)CC[C@H]3C2)cc1. The van der Waals surface area contributed by atoms with Crippen molar-refractivity contribution in [1.82, 2.24) is 4.90 Å². The molecule has 1 aromatic carbocycles. The molecule has 1 amide bonds. The van der Waals surface area contributed by atoms with Crippen LogP contribution < -0.4 is 0 Å². The van der Waals surface area contributed by atoms with Crippen LogP contribution in [-0.2, 0) is 19.1 Å². The number of hydrogen-bond donors (Lipinski definition) is 0. The minimum absolute atomic E-state index is 0.143. The van der Waals surface area contributed by atoms with Gasteiger partial charge in [-0.25, -0.2) is 0 Å². The minimum atomic E-state index is -3.72. The molecule has 2 heterocycles. The first kappa shape index (κ1) is 14.5. The molecule has 2 aliphatic rings. The highest BCUT2D eigenvalue weighted by Gasteiger charge is 2.38. The molecule has 6 heteroatoms. The molecule has 2 saturated heterocycles. The molecule has 5 nitrogen and oxygen atoms in total. The van der Waals surface area contributed by atoms with Crippen molar-refractivity contribution < 1.29 is 17.4 Å². The number of carbonyl (C=O) groups is 1. The van der Waals surface area contributed by atoms with Gasteiger partial charge >= 0.3 is 0 Å². The number of nitrogens with zero attached hydrogens (tertiary/aromatic N) is 1. The molecule has 2 atom stereocenters. The summed E-state index contributed by atoms with van der Waals surface area (Å²) in [5.41, 5.74) is 1.01. The van der Waals surface area contributed by atoms with Crippen LogP contribution >= 0.6 is 0 Å². The van der Waals surface area contributed by atoms with Gasteiger partial charge in [-0.15, -0.1) is 0 Å². The van der Waals surface area contributed by atoms with E-state index in [0.29, 0.717) is 25.8 Å². The van der Waals surface area contributed by atoms with Gasteiger partial charge in [0.25, 0.3) is 10.1 Å². The molecule has 2 fully saturated rings. The maximum atomic E-state index is 12.3. The maximum absolute atomic E-state index is 12.3. The van der Waals surface area contributed by atoms with Crippen molar-refractivity contribution in [3.63, 3.8) is 0 Å². The number of piperidine rings is 1. The van der Waals surface area contributed by atoms with E-state index in [1.165, 1.54) is 0 Å². The van der Waals surface area contributed by atoms with Gasteiger partial charge in [0, 0.05) is 19.0 Å². The molecule has 0 spiro atoms. The van der Waals surface area contributed by atoms with Crippen LogP contribution in [-0.4, -0.2) is 37.9 Å². The van der Waals surface area contributed by atoms with Gasteiger partial charge in [0.2, 0.25) is 5.91 Å². The average molecular weight is 309 g/mol. The average Bonchev–Trinajstić information content (AvgIpc) is 2.80. The van der Waals surface area contributed by atoms with Crippen molar-refractivity contribution in [2.24, 2.45) is 0 Å². The highest BCUT2D eigenvalue weighted by atomic mass is 32.2. The first-order valence-electron chi connectivity index (χ1n) is 7.25. The molecule has 2 aliphatic heterocycles. The van der Waals surface area contributed by atoms with E-state index < -0.39 is 10.1 Å². The zero-order valence-corrected chi connectivity index (χ0v) is 12.8. The Morgan fingerprint density at radius 3 is 2.62 bits per heavy atom. The lowest BCUT2D eigenvalue weighted by Gasteiger charge is -2.34. The minimum Gasteiger partial charge on any atom is -0.340 e. The zero-order chi connectivity index (χ0) is 15.0. The Bertz CT molecular complexity index is 638. The quantitative estimate of drug-likeness (QED) is 0.799. The maximum Gasteiger partial charge on any atom is 0.297 e. The fraction of sp³-hybridized carbons (Fsp3) is 0.533. The van der Waals surface area contributed by atoms with Crippen molar-refractivity contribution >= 4 is 16.0 Å². The van der Waals surface area contributed by atoms with Crippen LogP contribution in [0.3, 0.4) is 0 Å². The first-order chi connectivity index (χ1) is 9.95. The lowest BCUT2D eigenvalue weighted by atomic mass is 10.0. The summed E-state index contributed by atoms with van der Waals surface area (Å²) in [5.74, 6) is 0.180. The molecule has 0 radical (unpaired) electrons. The normalized spacial score (nSPS) is 26.0. The highest BCUT2D eigenvalue weighted by molar-refractivity contribution is 7.86. The van der Waals surface area contributed by atoms with E-state index >= 15 is 0 Å². The number of rotatable bonds is 3. The summed E-state index contributed by atoms with van der Waals surface area (Å²) in [7, 11) is -3.72. The molecule has 114 valence electrons. The second-order valence-electron chi connectivity index (χ2n) is 5.79. The van der Waals surface area contributed by atoms with Gasteiger partial charge in [0.15, 0.2) is 0 Å².